The summed E-state index contributed by atoms with van der Waals surface area (Å²) in [5, 5.41) is 3.50. The predicted octanol–water partition coefficient (Wildman–Crippen LogP) is 3.45. The topological polar surface area (TPSA) is 33.1 Å². The molecule has 0 fully saturated rings. The molecule has 0 saturated heterocycles. The zero-order valence-corrected chi connectivity index (χ0v) is 13.0. The van der Waals surface area contributed by atoms with Crippen LogP contribution in [-0.4, -0.2) is 23.6 Å². The van der Waals surface area contributed by atoms with Crippen molar-refractivity contribution in [2.24, 2.45) is 0 Å². The van der Waals surface area contributed by atoms with Gasteiger partial charge in [-0.25, -0.2) is 4.98 Å². The Labute approximate surface area is 121 Å². The van der Waals surface area contributed by atoms with Crippen LogP contribution in [0, 0.1) is 6.92 Å². The maximum absolute atomic E-state index is 4.23. The number of hydrogen-bond acceptors (Lipinski definition) is 3. The number of imidazole rings is 1. The van der Waals surface area contributed by atoms with Crippen molar-refractivity contribution in [1.29, 1.82) is 0 Å². The van der Waals surface area contributed by atoms with E-state index in [-0.39, 0.29) is 0 Å². The van der Waals surface area contributed by atoms with Crippen LogP contribution in [0.4, 0.5) is 11.4 Å². The molecule has 108 valence electrons. The van der Waals surface area contributed by atoms with Crippen LogP contribution in [0.15, 0.2) is 30.7 Å². The minimum Gasteiger partial charge on any atom is -0.379 e. The van der Waals surface area contributed by atoms with Crippen molar-refractivity contribution in [3.63, 3.8) is 0 Å². The molecule has 0 saturated carbocycles. The third kappa shape index (κ3) is 3.13. The average Bonchev–Trinajstić information content (AvgIpc) is 2.85. The van der Waals surface area contributed by atoms with Gasteiger partial charge >= 0.3 is 0 Å². The number of aryl methyl sites for hydroxylation is 1. The van der Waals surface area contributed by atoms with E-state index in [1.54, 1.807) is 0 Å². The average molecular weight is 272 g/mol. The molecule has 1 N–H and O–H groups in total. The Balaban J connectivity index is 2.09. The highest BCUT2D eigenvalue weighted by Gasteiger charge is 2.06. The van der Waals surface area contributed by atoms with E-state index in [1.165, 1.54) is 22.6 Å². The van der Waals surface area contributed by atoms with Crippen molar-refractivity contribution in [2.45, 2.75) is 33.4 Å². The SMILES string of the molecule is Cc1cc(N(C)C)ccc1NCc1cncn1C(C)C. The van der Waals surface area contributed by atoms with Crippen molar-refractivity contribution >= 4 is 11.4 Å². The van der Waals surface area contributed by atoms with Gasteiger partial charge in [0.15, 0.2) is 0 Å². The van der Waals surface area contributed by atoms with Gasteiger partial charge < -0.3 is 14.8 Å². The molecule has 0 unspecified atom stereocenters. The maximum atomic E-state index is 4.23. The number of hydrogen-bond donors (Lipinski definition) is 1. The molecular formula is C16H24N4. The third-order valence-corrected chi connectivity index (χ3v) is 3.49. The highest BCUT2D eigenvalue weighted by atomic mass is 15.1. The second-order valence-electron chi connectivity index (χ2n) is 5.63. The molecule has 0 aliphatic carbocycles. The lowest BCUT2D eigenvalue weighted by Gasteiger charge is -2.17. The van der Waals surface area contributed by atoms with Gasteiger partial charge in [-0.1, -0.05) is 0 Å². The van der Waals surface area contributed by atoms with Gasteiger partial charge in [0.1, 0.15) is 0 Å². The third-order valence-electron chi connectivity index (χ3n) is 3.49. The molecule has 1 aromatic heterocycles. The lowest BCUT2D eigenvalue weighted by Crippen LogP contribution is -2.11. The molecule has 4 heteroatoms. The second-order valence-corrected chi connectivity index (χ2v) is 5.63. The van der Waals surface area contributed by atoms with Crippen LogP contribution in [0.5, 0.6) is 0 Å². The fourth-order valence-electron chi connectivity index (χ4n) is 2.24. The van der Waals surface area contributed by atoms with E-state index in [9.17, 15) is 0 Å². The molecule has 0 aliphatic rings. The van der Waals surface area contributed by atoms with Crippen LogP contribution < -0.4 is 10.2 Å². The molecule has 0 amide bonds. The van der Waals surface area contributed by atoms with E-state index in [0.29, 0.717) is 6.04 Å². The first kappa shape index (κ1) is 14.4. The van der Waals surface area contributed by atoms with Gasteiger partial charge in [0.05, 0.1) is 18.6 Å². The minimum absolute atomic E-state index is 0.437. The highest BCUT2D eigenvalue weighted by molar-refractivity contribution is 5.59. The molecule has 4 nitrogen and oxygen atoms in total. The van der Waals surface area contributed by atoms with Gasteiger partial charge in [-0.3, -0.25) is 0 Å². The zero-order valence-electron chi connectivity index (χ0n) is 13.0. The van der Waals surface area contributed by atoms with E-state index in [2.05, 4.69) is 72.8 Å². The number of aromatic nitrogens is 2. The summed E-state index contributed by atoms with van der Waals surface area (Å²) < 4.78 is 2.19. The number of benzene rings is 1. The number of nitrogens with zero attached hydrogens (tertiary/aromatic N) is 3. The lowest BCUT2D eigenvalue weighted by atomic mass is 10.1. The quantitative estimate of drug-likeness (QED) is 0.905. The summed E-state index contributed by atoms with van der Waals surface area (Å²) in [4.78, 5) is 6.35. The first-order valence-corrected chi connectivity index (χ1v) is 7.01. The van der Waals surface area contributed by atoms with E-state index in [4.69, 9.17) is 0 Å². The molecule has 0 radical (unpaired) electrons. The van der Waals surface area contributed by atoms with Crippen molar-refractivity contribution in [1.82, 2.24) is 9.55 Å². The van der Waals surface area contributed by atoms with E-state index < -0.39 is 0 Å². The molecule has 0 aliphatic heterocycles. The second kappa shape index (κ2) is 5.99. The van der Waals surface area contributed by atoms with Crippen molar-refractivity contribution < 1.29 is 0 Å². The number of anilines is 2. The minimum atomic E-state index is 0.437. The maximum Gasteiger partial charge on any atom is 0.0951 e. The Kier molecular flexibility index (Phi) is 4.32. The Bertz CT molecular complexity index is 570. The summed E-state index contributed by atoms with van der Waals surface area (Å²) in [5.74, 6) is 0. The van der Waals surface area contributed by atoms with Gasteiger partial charge in [-0.15, -0.1) is 0 Å². The lowest BCUT2D eigenvalue weighted by molar-refractivity contribution is 0.577. The van der Waals surface area contributed by atoms with Crippen molar-refractivity contribution in [2.75, 3.05) is 24.3 Å². The first-order chi connectivity index (χ1) is 9.49. The summed E-state index contributed by atoms with van der Waals surface area (Å²) >= 11 is 0. The monoisotopic (exact) mass is 272 g/mol. The van der Waals surface area contributed by atoms with Gasteiger partial charge in [-0.05, 0) is 44.5 Å². The molecule has 0 bridgehead atoms. The van der Waals surface area contributed by atoms with Crippen LogP contribution in [0.25, 0.3) is 0 Å². The standard InChI is InChI=1S/C16H24N4/c1-12(2)20-11-17-9-15(20)10-18-16-7-6-14(19(4)5)8-13(16)3/h6-9,11-12,18H,10H2,1-5H3. The largest absolute Gasteiger partial charge is 0.379 e. The predicted molar refractivity (Wildman–Crippen MR) is 85.4 cm³/mol. The normalized spacial score (nSPS) is 10.9. The molecular weight excluding hydrogens is 248 g/mol. The number of nitrogens with one attached hydrogen (secondary N) is 1. The summed E-state index contributed by atoms with van der Waals surface area (Å²) in [5.41, 5.74) is 4.86. The van der Waals surface area contributed by atoms with Gasteiger partial charge in [0.25, 0.3) is 0 Å². The van der Waals surface area contributed by atoms with Crippen LogP contribution >= 0.6 is 0 Å². The van der Waals surface area contributed by atoms with E-state index in [0.717, 1.165) is 6.54 Å². The summed E-state index contributed by atoms with van der Waals surface area (Å²) in [6.45, 7) is 7.26. The van der Waals surface area contributed by atoms with Crippen LogP contribution in [0.2, 0.25) is 0 Å². The van der Waals surface area contributed by atoms with Gasteiger partial charge in [0.2, 0.25) is 0 Å². The zero-order chi connectivity index (χ0) is 14.7. The highest BCUT2D eigenvalue weighted by Crippen LogP contribution is 2.22. The van der Waals surface area contributed by atoms with Crippen molar-refractivity contribution in [3.05, 3.63) is 42.0 Å². The smallest absolute Gasteiger partial charge is 0.0951 e. The summed E-state index contributed by atoms with van der Waals surface area (Å²) in [6.07, 6.45) is 3.82. The first-order valence-electron chi connectivity index (χ1n) is 7.01. The molecule has 2 rings (SSSR count). The molecule has 1 heterocycles. The summed E-state index contributed by atoms with van der Waals surface area (Å²) in [7, 11) is 4.12. The van der Waals surface area contributed by atoms with Crippen molar-refractivity contribution in [3.8, 4) is 0 Å². The van der Waals surface area contributed by atoms with Crippen LogP contribution in [0.1, 0.15) is 31.1 Å². The molecule has 0 spiro atoms. The molecule has 1 aromatic carbocycles. The summed E-state index contributed by atoms with van der Waals surface area (Å²) in [6, 6.07) is 6.91. The Morgan fingerprint density at radius 1 is 1.30 bits per heavy atom. The molecule has 0 atom stereocenters. The Hall–Kier alpha value is -1.97. The number of rotatable bonds is 5. The van der Waals surface area contributed by atoms with Gasteiger partial charge in [-0.2, -0.15) is 0 Å². The van der Waals surface area contributed by atoms with E-state index >= 15 is 0 Å². The van der Waals surface area contributed by atoms with E-state index in [1.807, 2.05) is 12.5 Å². The fraction of sp³-hybridized carbons (Fsp3) is 0.438. The Morgan fingerprint density at radius 3 is 2.65 bits per heavy atom. The Morgan fingerprint density at radius 2 is 2.05 bits per heavy atom. The van der Waals surface area contributed by atoms with Crippen LogP contribution in [0.3, 0.4) is 0 Å². The fourth-order valence-corrected chi connectivity index (χ4v) is 2.24. The molecule has 20 heavy (non-hydrogen) atoms. The van der Waals surface area contributed by atoms with Gasteiger partial charge in [0, 0.05) is 37.7 Å². The van der Waals surface area contributed by atoms with Crippen LogP contribution in [-0.2, 0) is 6.54 Å². The molecule has 2 aromatic rings.